The molecule has 0 bridgehead atoms. The van der Waals surface area contributed by atoms with Crippen LogP contribution >= 0.6 is 23.2 Å². The summed E-state index contributed by atoms with van der Waals surface area (Å²) in [6, 6.07) is 19.8. The Morgan fingerprint density at radius 3 is 2.48 bits per heavy atom. The Morgan fingerprint density at radius 1 is 0.931 bits per heavy atom. The zero-order valence-electron chi connectivity index (χ0n) is 15.2. The van der Waals surface area contributed by atoms with E-state index in [4.69, 9.17) is 23.2 Å². The number of sulfonamides is 1. The van der Waals surface area contributed by atoms with Crippen molar-refractivity contribution in [1.29, 1.82) is 0 Å². The van der Waals surface area contributed by atoms with E-state index in [-0.39, 0.29) is 11.4 Å². The van der Waals surface area contributed by atoms with Crippen LogP contribution in [0.2, 0.25) is 10.0 Å². The van der Waals surface area contributed by atoms with Crippen molar-refractivity contribution in [2.45, 2.75) is 11.3 Å². The van der Waals surface area contributed by atoms with Crippen molar-refractivity contribution >= 4 is 44.3 Å². The van der Waals surface area contributed by atoms with Gasteiger partial charge in [-0.3, -0.25) is 0 Å². The summed E-state index contributed by atoms with van der Waals surface area (Å²) in [5.41, 5.74) is 3.21. The van der Waals surface area contributed by atoms with Crippen LogP contribution in [-0.4, -0.2) is 24.9 Å². The summed E-state index contributed by atoms with van der Waals surface area (Å²) >= 11 is 11.9. The van der Waals surface area contributed by atoms with Crippen LogP contribution in [0.25, 0.3) is 22.4 Å². The number of rotatable bonds is 6. The van der Waals surface area contributed by atoms with Gasteiger partial charge < -0.3 is 4.98 Å². The third-order valence-electron chi connectivity index (χ3n) is 4.50. The SMILES string of the molecule is O=S(=O)(NCCc1ccc(Cl)c(Cl)c1)c1ccc2nc(-c3ccccc3)[nH]c2c1. The first-order valence-corrected chi connectivity index (χ1v) is 11.1. The normalized spacial score (nSPS) is 11.8. The molecule has 0 saturated heterocycles. The van der Waals surface area contributed by atoms with Crippen LogP contribution in [-0.2, 0) is 16.4 Å². The number of halogens is 2. The van der Waals surface area contributed by atoms with E-state index in [1.54, 1.807) is 30.3 Å². The van der Waals surface area contributed by atoms with Gasteiger partial charge in [-0.2, -0.15) is 0 Å². The lowest BCUT2D eigenvalue weighted by Gasteiger charge is -2.07. The number of nitrogens with one attached hydrogen (secondary N) is 2. The number of hydrogen-bond donors (Lipinski definition) is 2. The molecule has 0 radical (unpaired) electrons. The molecule has 0 spiro atoms. The maximum Gasteiger partial charge on any atom is 0.240 e. The Morgan fingerprint density at radius 2 is 1.72 bits per heavy atom. The van der Waals surface area contributed by atoms with Gasteiger partial charge in [-0.05, 0) is 42.3 Å². The highest BCUT2D eigenvalue weighted by molar-refractivity contribution is 7.89. The molecule has 0 aliphatic carbocycles. The molecule has 0 fully saturated rings. The lowest BCUT2D eigenvalue weighted by atomic mass is 10.1. The summed E-state index contributed by atoms with van der Waals surface area (Å²) in [5, 5.41) is 0.921. The summed E-state index contributed by atoms with van der Waals surface area (Å²) in [7, 11) is -3.65. The lowest BCUT2D eigenvalue weighted by Crippen LogP contribution is -2.26. The number of aromatic nitrogens is 2. The van der Waals surface area contributed by atoms with Crippen LogP contribution < -0.4 is 4.72 Å². The first-order valence-electron chi connectivity index (χ1n) is 8.91. The molecular formula is C21H17Cl2N3O2S. The minimum atomic E-state index is -3.65. The molecule has 0 aliphatic heterocycles. The second kappa shape index (κ2) is 8.16. The van der Waals surface area contributed by atoms with Gasteiger partial charge in [-0.25, -0.2) is 18.1 Å². The first kappa shape index (κ1) is 19.9. The smallest absolute Gasteiger partial charge is 0.240 e. The molecule has 4 aromatic rings. The maximum atomic E-state index is 12.7. The van der Waals surface area contributed by atoms with Gasteiger partial charge in [-0.15, -0.1) is 0 Å². The number of hydrogen-bond acceptors (Lipinski definition) is 3. The van der Waals surface area contributed by atoms with Crippen molar-refractivity contribution in [3.05, 3.63) is 82.3 Å². The number of fused-ring (bicyclic) bond motifs is 1. The molecule has 1 aromatic heterocycles. The summed E-state index contributed by atoms with van der Waals surface area (Å²) in [6.45, 7) is 0.247. The average Bonchev–Trinajstić information content (AvgIpc) is 3.15. The van der Waals surface area contributed by atoms with Crippen LogP contribution in [0.5, 0.6) is 0 Å². The highest BCUT2D eigenvalue weighted by Gasteiger charge is 2.15. The molecule has 5 nitrogen and oxygen atoms in total. The monoisotopic (exact) mass is 445 g/mol. The number of H-pyrrole nitrogens is 1. The predicted octanol–water partition coefficient (Wildman–Crippen LogP) is 5.06. The second-order valence-corrected chi connectivity index (χ2v) is 9.11. The van der Waals surface area contributed by atoms with E-state index < -0.39 is 10.0 Å². The number of imidazole rings is 1. The van der Waals surface area contributed by atoms with Gasteiger partial charge in [0.25, 0.3) is 0 Å². The number of nitrogens with zero attached hydrogens (tertiary/aromatic N) is 1. The van der Waals surface area contributed by atoms with E-state index in [9.17, 15) is 8.42 Å². The van der Waals surface area contributed by atoms with Gasteiger partial charge >= 0.3 is 0 Å². The fourth-order valence-electron chi connectivity index (χ4n) is 3.00. The molecule has 2 N–H and O–H groups in total. The minimum absolute atomic E-state index is 0.183. The van der Waals surface area contributed by atoms with E-state index in [1.807, 2.05) is 36.4 Å². The Balaban J connectivity index is 1.51. The van der Waals surface area contributed by atoms with Crippen molar-refractivity contribution < 1.29 is 8.42 Å². The van der Waals surface area contributed by atoms with Crippen molar-refractivity contribution in [3.63, 3.8) is 0 Å². The van der Waals surface area contributed by atoms with Crippen LogP contribution in [0.4, 0.5) is 0 Å². The standard InChI is InChI=1S/C21H17Cl2N3O2S/c22-17-8-6-14(12-18(17)23)10-11-24-29(27,28)16-7-9-19-20(13-16)26-21(25-19)15-4-2-1-3-5-15/h1-9,12-13,24H,10-11H2,(H,25,26). The molecule has 4 rings (SSSR count). The Kier molecular flexibility index (Phi) is 5.61. The van der Waals surface area contributed by atoms with E-state index in [1.165, 1.54) is 0 Å². The molecule has 0 atom stereocenters. The van der Waals surface area contributed by atoms with E-state index >= 15 is 0 Å². The lowest BCUT2D eigenvalue weighted by molar-refractivity contribution is 0.582. The quantitative estimate of drug-likeness (QED) is 0.435. The highest BCUT2D eigenvalue weighted by Crippen LogP contribution is 2.24. The summed E-state index contributed by atoms with van der Waals surface area (Å²) in [6.07, 6.45) is 0.501. The van der Waals surface area contributed by atoms with Gasteiger partial charge in [0.15, 0.2) is 0 Å². The highest BCUT2D eigenvalue weighted by atomic mass is 35.5. The predicted molar refractivity (Wildman–Crippen MR) is 117 cm³/mol. The van der Waals surface area contributed by atoms with Crippen molar-refractivity contribution in [2.75, 3.05) is 6.54 Å². The van der Waals surface area contributed by atoms with Gasteiger partial charge in [-0.1, -0.05) is 59.6 Å². The molecule has 0 unspecified atom stereocenters. The van der Waals surface area contributed by atoms with E-state index in [0.29, 0.717) is 33.3 Å². The zero-order valence-corrected chi connectivity index (χ0v) is 17.5. The number of aromatic amines is 1. The van der Waals surface area contributed by atoms with Crippen LogP contribution in [0.3, 0.4) is 0 Å². The summed E-state index contributed by atoms with van der Waals surface area (Å²) in [5.74, 6) is 0.697. The largest absolute Gasteiger partial charge is 0.338 e. The zero-order chi connectivity index (χ0) is 20.4. The molecular weight excluding hydrogens is 429 g/mol. The Labute approximate surface area is 178 Å². The molecule has 0 aliphatic rings. The molecule has 1 heterocycles. The molecule has 148 valence electrons. The van der Waals surface area contributed by atoms with Crippen molar-refractivity contribution in [2.24, 2.45) is 0 Å². The number of benzene rings is 3. The van der Waals surface area contributed by atoms with Crippen molar-refractivity contribution in [3.8, 4) is 11.4 Å². The Hall–Kier alpha value is -2.38. The van der Waals surface area contributed by atoms with Gasteiger partial charge in [0.1, 0.15) is 5.82 Å². The molecule has 29 heavy (non-hydrogen) atoms. The molecule has 0 amide bonds. The molecule has 8 heteroatoms. The Bertz CT molecular complexity index is 1270. The third kappa shape index (κ3) is 4.46. The summed E-state index contributed by atoms with van der Waals surface area (Å²) < 4.78 is 28.0. The molecule has 0 saturated carbocycles. The van der Waals surface area contributed by atoms with Gasteiger partial charge in [0.2, 0.25) is 10.0 Å². The molecule has 3 aromatic carbocycles. The van der Waals surface area contributed by atoms with E-state index in [0.717, 1.165) is 11.1 Å². The fraction of sp³-hybridized carbons (Fsp3) is 0.0952. The summed E-state index contributed by atoms with van der Waals surface area (Å²) in [4.78, 5) is 7.90. The van der Waals surface area contributed by atoms with Gasteiger partial charge in [0.05, 0.1) is 26.0 Å². The fourth-order valence-corrected chi connectivity index (χ4v) is 4.38. The van der Waals surface area contributed by atoms with Gasteiger partial charge in [0, 0.05) is 12.1 Å². The minimum Gasteiger partial charge on any atom is -0.338 e. The maximum absolute atomic E-state index is 12.7. The third-order valence-corrected chi connectivity index (χ3v) is 6.70. The van der Waals surface area contributed by atoms with Crippen LogP contribution in [0.15, 0.2) is 71.6 Å². The topological polar surface area (TPSA) is 74.8 Å². The first-order chi connectivity index (χ1) is 13.9. The van der Waals surface area contributed by atoms with E-state index in [2.05, 4.69) is 14.7 Å². The van der Waals surface area contributed by atoms with Crippen LogP contribution in [0, 0.1) is 0 Å². The average molecular weight is 446 g/mol. The second-order valence-electron chi connectivity index (χ2n) is 6.53. The van der Waals surface area contributed by atoms with Crippen LogP contribution in [0.1, 0.15) is 5.56 Å². The van der Waals surface area contributed by atoms with Crippen molar-refractivity contribution in [1.82, 2.24) is 14.7 Å².